The summed E-state index contributed by atoms with van der Waals surface area (Å²) >= 11 is 0. The molecule has 0 radical (unpaired) electrons. The highest BCUT2D eigenvalue weighted by Gasteiger charge is 2.56. The zero-order chi connectivity index (χ0) is 81.4. The first-order valence-electron chi connectivity index (χ1n) is 40.3. The molecule has 10 aromatic rings. The molecule has 0 aromatic heterocycles. The van der Waals surface area contributed by atoms with Crippen molar-refractivity contribution in [2.24, 2.45) is 22.7 Å². The van der Waals surface area contributed by atoms with Gasteiger partial charge in [0.1, 0.15) is 34.5 Å². The zero-order valence-electron chi connectivity index (χ0n) is 69.7. The van der Waals surface area contributed by atoms with Crippen LogP contribution in [0.25, 0.3) is 22.3 Å². The summed E-state index contributed by atoms with van der Waals surface area (Å²) in [5, 5.41) is 0. The number of ether oxygens (including phenoxy) is 12. The van der Waals surface area contributed by atoms with E-state index in [0.29, 0.717) is 65.3 Å². The second kappa shape index (κ2) is 35.2. The maximum absolute atomic E-state index is 6.31. The van der Waals surface area contributed by atoms with E-state index in [1.165, 1.54) is 39.0 Å². The fraction of sp³-hybridized carbons (Fsp3) is 0.307. The van der Waals surface area contributed by atoms with E-state index < -0.39 is 21.7 Å². The quantitative estimate of drug-likeness (QED) is 0.0370. The molecule has 0 saturated heterocycles. The van der Waals surface area contributed by atoms with E-state index in [-0.39, 0.29) is 11.8 Å². The van der Waals surface area contributed by atoms with Gasteiger partial charge in [0.2, 0.25) is 0 Å². The largest absolute Gasteiger partial charge is 0.497 e. The molecule has 0 amide bonds. The van der Waals surface area contributed by atoms with Crippen LogP contribution < -0.4 is 48.0 Å². The molecule has 0 spiro atoms. The second-order valence-corrected chi connectivity index (χ2v) is 31.1. The Balaban J connectivity index is 0.952. The molecule has 3 atom stereocenters. The summed E-state index contributed by atoms with van der Waals surface area (Å²) in [4.78, 5) is 9.52. The normalized spacial score (nSPS) is 17.2. The van der Waals surface area contributed by atoms with Crippen LogP contribution in [0.2, 0.25) is 0 Å². The van der Waals surface area contributed by atoms with E-state index >= 15 is 0 Å². The van der Waals surface area contributed by atoms with Gasteiger partial charge in [-0.3, -0.25) is 0 Å². The molecule has 10 aromatic carbocycles. The van der Waals surface area contributed by atoms with Crippen LogP contribution in [0.15, 0.2) is 278 Å². The van der Waals surface area contributed by atoms with Crippen molar-refractivity contribution in [3.8, 4) is 56.8 Å². The predicted octanol–water partition coefficient (Wildman–Crippen LogP) is 22.5. The van der Waals surface area contributed by atoms with Crippen LogP contribution in [0.4, 0.5) is 56.9 Å². The van der Waals surface area contributed by atoms with Crippen molar-refractivity contribution in [1.29, 1.82) is 0 Å². The Kier molecular flexibility index (Phi) is 24.3. The Morgan fingerprint density at radius 1 is 0.265 bits per heavy atom. The fourth-order valence-corrected chi connectivity index (χ4v) is 19.2. The first-order valence-corrected chi connectivity index (χ1v) is 40.3. The molecule has 15 rings (SSSR count). The number of allylic oxidation sites excluding steroid dienone is 8. The summed E-state index contributed by atoms with van der Waals surface area (Å²) in [5.74, 6) is 4.44. The van der Waals surface area contributed by atoms with Crippen molar-refractivity contribution in [3.05, 3.63) is 300 Å². The Hall–Kier alpha value is -11.3. The summed E-state index contributed by atoms with van der Waals surface area (Å²) in [5.41, 5.74) is 20.5. The van der Waals surface area contributed by atoms with Crippen LogP contribution in [0.5, 0.6) is 34.5 Å². The van der Waals surface area contributed by atoms with Crippen LogP contribution in [-0.4, -0.2) is 125 Å². The molecule has 3 unspecified atom stereocenters. The van der Waals surface area contributed by atoms with Gasteiger partial charge in [-0.05, 0) is 306 Å². The lowest BCUT2D eigenvalue weighted by Crippen LogP contribution is -2.50. The summed E-state index contributed by atoms with van der Waals surface area (Å²) in [6.07, 6.45) is 21.4. The van der Waals surface area contributed by atoms with Gasteiger partial charge < -0.3 is 76.4 Å². The number of hydrogen-bond acceptors (Lipinski definition) is 16. The van der Waals surface area contributed by atoms with Crippen molar-refractivity contribution in [2.75, 3.05) is 145 Å². The van der Waals surface area contributed by atoms with Gasteiger partial charge in [-0.2, -0.15) is 0 Å². The van der Waals surface area contributed by atoms with E-state index in [4.69, 9.17) is 56.8 Å². The summed E-state index contributed by atoms with van der Waals surface area (Å²) in [6, 6.07) is 78.1. The second-order valence-electron chi connectivity index (χ2n) is 31.1. The molecule has 117 heavy (non-hydrogen) atoms. The Morgan fingerprint density at radius 2 is 0.521 bits per heavy atom. The lowest BCUT2D eigenvalue weighted by Gasteiger charge is -2.56. The smallest absolute Gasteiger partial charge is 0.119 e. The number of methoxy groups -OCH3 is 12. The molecule has 2 bridgehead atoms. The van der Waals surface area contributed by atoms with Gasteiger partial charge in [0.25, 0.3) is 0 Å². The molecule has 5 aliphatic carbocycles. The third kappa shape index (κ3) is 15.2. The molecule has 0 fully saturated rings. The molecule has 604 valence electrons. The van der Waals surface area contributed by atoms with Crippen LogP contribution in [-0.2, 0) is 39.3 Å². The minimum absolute atomic E-state index is 0.0696. The number of fused-ring (bicyclic) bond motifs is 9. The van der Waals surface area contributed by atoms with Crippen molar-refractivity contribution >= 4 is 56.9 Å². The monoisotopic (exact) mass is 1570 g/mol. The molecule has 0 heterocycles. The van der Waals surface area contributed by atoms with Gasteiger partial charge in [0, 0.05) is 173 Å². The standard InChI is InChI=1S/C101H108N4O12/c1-98-49-48-82(104(75-24-40-87(116-12)41-25-75)76-26-42-88(117-13)43-27-76)68-97(98)99(50-56-106-2,51-57-107-3)70-62-69(98)14-15-77(63-70)105(80-30-46-91-89-44-28-78(64-93(89)100(52-58-108-4,53-59-109-5)95(91)66-80)102(71-16-32-83(112-8)33-17-71)72-18-34-84(113-9)35-19-72)81-31-47-92-90-45-29-79(65-94(90)101(54-60-110-6,55-61-111-7)96(92)67-81)103(73-20-36-85(114-10)37-21-73)74-22-38-86(115-11)39-23-74/h14-49,62-68,70,97H,50-61H2,1-13H3. The minimum atomic E-state index is -0.604. The van der Waals surface area contributed by atoms with Crippen molar-refractivity contribution in [2.45, 2.75) is 56.3 Å². The number of hydrogen-bond donors (Lipinski definition) is 0. The predicted molar refractivity (Wildman–Crippen MR) is 470 cm³/mol. The van der Waals surface area contributed by atoms with E-state index in [2.05, 4.69) is 215 Å². The Morgan fingerprint density at radius 3 is 0.812 bits per heavy atom. The summed E-state index contributed by atoms with van der Waals surface area (Å²) < 4.78 is 72.0. The van der Waals surface area contributed by atoms with Crippen molar-refractivity contribution < 1.29 is 56.8 Å². The average Bonchev–Trinajstić information content (AvgIpc) is 1.70. The Labute approximate surface area is 690 Å². The summed E-state index contributed by atoms with van der Waals surface area (Å²) in [6.45, 7) is 5.46. The van der Waals surface area contributed by atoms with Crippen LogP contribution in [0.3, 0.4) is 0 Å². The SMILES string of the molecule is COCCC1(CCOC)c2cc(N(C3=CC4C=C(C=C3)C3(C)C=CC(N(c5ccc(OC)cc5)c5ccc(OC)cc5)=CC3C4(CCOC)CCOC)c3ccc4c(c3)C(CCOC)(CCOC)c3cc(N(c5ccc(OC)cc5)c5ccc(OC)cc5)ccc3-4)ccc2-c2ccc(N(c3ccc(OC)cc3)c3ccc(OC)cc3)cc21. The number of rotatable bonds is 36. The number of nitrogens with zero attached hydrogens (tertiary/aromatic N) is 4. The molecule has 16 nitrogen and oxygen atoms in total. The minimum Gasteiger partial charge on any atom is -0.497 e. The first-order chi connectivity index (χ1) is 57.2. The van der Waals surface area contributed by atoms with Crippen LogP contribution in [0.1, 0.15) is 67.7 Å². The van der Waals surface area contributed by atoms with Crippen LogP contribution >= 0.6 is 0 Å². The highest BCUT2D eigenvalue weighted by atomic mass is 16.5. The van der Waals surface area contributed by atoms with Gasteiger partial charge >= 0.3 is 0 Å². The fourth-order valence-electron chi connectivity index (χ4n) is 19.2. The average molecular weight is 1570 g/mol. The molecule has 16 heteroatoms. The van der Waals surface area contributed by atoms with E-state index in [0.717, 1.165) is 127 Å². The topological polar surface area (TPSA) is 124 Å². The van der Waals surface area contributed by atoms with E-state index in [1.807, 2.05) is 115 Å². The molecule has 5 aliphatic rings. The van der Waals surface area contributed by atoms with Crippen LogP contribution in [0, 0.1) is 22.7 Å². The molecular weight excluding hydrogens is 1460 g/mol. The lowest BCUT2D eigenvalue weighted by molar-refractivity contribution is 0.00551. The first kappa shape index (κ1) is 80.8. The molecule has 0 aliphatic heterocycles. The van der Waals surface area contributed by atoms with E-state index in [9.17, 15) is 0 Å². The molecular formula is C101H108N4O12. The van der Waals surface area contributed by atoms with Crippen molar-refractivity contribution in [1.82, 2.24) is 0 Å². The lowest BCUT2D eigenvalue weighted by atomic mass is 9.48. The third-order valence-electron chi connectivity index (χ3n) is 25.3. The maximum Gasteiger partial charge on any atom is 0.119 e. The van der Waals surface area contributed by atoms with Gasteiger partial charge in [0.15, 0.2) is 0 Å². The third-order valence-corrected chi connectivity index (χ3v) is 25.3. The highest BCUT2D eigenvalue weighted by molar-refractivity contribution is 5.91. The number of benzene rings is 10. The Bertz CT molecular complexity index is 4900. The number of anilines is 10. The van der Waals surface area contributed by atoms with Gasteiger partial charge in [-0.15, -0.1) is 0 Å². The van der Waals surface area contributed by atoms with Gasteiger partial charge in [-0.1, -0.05) is 61.6 Å². The zero-order valence-corrected chi connectivity index (χ0v) is 69.7. The van der Waals surface area contributed by atoms with Gasteiger partial charge in [-0.25, -0.2) is 0 Å². The molecule has 0 saturated carbocycles. The maximum atomic E-state index is 6.31. The van der Waals surface area contributed by atoms with Gasteiger partial charge in [0.05, 0.1) is 42.7 Å². The molecule has 0 N–H and O–H groups in total. The van der Waals surface area contributed by atoms with Crippen molar-refractivity contribution in [3.63, 3.8) is 0 Å². The summed E-state index contributed by atoms with van der Waals surface area (Å²) in [7, 11) is 21.1. The van der Waals surface area contributed by atoms with E-state index in [1.54, 1.807) is 42.7 Å². The highest BCUT2D eigenvalue weighted by Crippen LogP contribution is 2.64.